The fraction of sp³-hybridized carbons (Fsp3) is 0.273. The normalized spacial score (nSPS) is 12.4. The third kappa shape index (κ3) is 12.8. The van der Waals surface area contributed by atoms with E-state index in [4.69, 9.17) is 16.7 Å². The molecule has 0 aliphatic rings. The van der Waals surface area contributed by atoms with Crippen molar-refractivity contribution in [1.82, 2.24) is 10.2 Å². The lowest BCUT2D eigenvalue weighted by molar-refractivity contribution is -0.137. The van der Waals surface area contributed by atoms with E-state index in [1.807, 2.05) is 43.4 Å². The molecule has 0 radical (unpaired) electrons. The molecule has 41 heavy (non-hydrogen) atoms. The highest BCUT2D eigenvalue weighted by molar-refractivity contribution is 6.30. The molecule has 0 aromatic heterocycles. The quantitative estimate of drug-likeness (QED) is 0.0842. The Labute approximate surface area is 248 Å². The van der Waals surface area contributed by atoms with E-state index in [1.54, 1.807) is 59.8 Å². The Kier molecular flexibility index (Phi) is 15.4. The van der Waals surface area contributed by atoms with Crippen molar-refractivity contribution in [3.05, 3.63) is 108 Å². The highest BCUT2D eigenvalue weighted by Gasteiger charge is 2.21. The number of carbonyl (C=O) groups is 2. The summed E-state index contributed by atoms with van der Waals surface area (Å²) in [5.41, 5.74) is 2.54. The third-order valence-corrected chi connectivity index (χ3v) is 6.22. The summed E-state index contributed by atoms with van der Waals surface area (Å²) in [6.45, 7) is 11.2. The largest absolute Gasteiger partial charge is 0.481 e. The van der Waals surface area contributed by atoms with Crippen LogP contribution in [0.3, 0.4) is 0 Å². The van der Waals surface area contributed by atoms with Crippen LogP contribution in [0.5, 0.6) is 0 Å². The molecule has 7 nitrogen and oxygen atoms in total. The van der Waals surface area contributed by atoms with E-state index in [2.05, 4.69) is 28.5 Å². The SMILES string of the molecule is C=C/C=C\C=C\CNCC(C)N(CC=C)C(=O)c1ccc(N=Cc2ccc(Cl)cc2)c(N=CCCCCC(=O)O)c1. The summed E-state index contributed by atoms with van der Waals surface area (Å²) in [6.07, 6.45) is 16.6. The number of benzene rings is 2. The summed E-state index contributed by atoms with van der Waals surface area (Å²) < 4.78 is 0. The van der Waals surface area contributed by atoms with Crippen molar-refractivity contribution in [1.29, 1.82) is 0 Å². The third-order valence-electron chi connectivity index (χ3n) is 5.96. The fourth-order valence-corrected chi connectivity index (χ4v) is 3.91. The average molecular weight is 575 g/mol. The van der Waals surface area contributed by atoms with Crippen LogP contribution < -0.4 is 5.32 Å². The number of hydrogen-bond donors (Lipinski definition) is 2. The van der Waals surface area contributed by atoms with Crippen LogP contribution >= 0.6 is 11.6 Å². The van der Waals surface area contributed by atoms with E-state index in [-0.39, 0.29) is 18.4 Å². The molecule has 1 atom stereocenters. The number of aliphatic imine (C=N–C) groups is 2. The highest BCUT2D eigenvalue weighted by atomic mass is 35.5. The van der Waals surface area contributed by atoms with Gasteiger partial charge in [-0.15, -0.1) is 6.58 Å². The summed E-state index contributed by atoms with van der Waals surface area (Å²) in [7, 11) is 0. The highest BCUT2D eigenvalue weighted by Crippen LogP contribution is 2.30. The summed E-state index contributed by atoms with van der Waals surface area (Å²) in [4.78, 5) is 35.3. The van der Waals surface area contributed by atoms with E-state index in [0.29, 0.717) is 60.9 Å². The molecule has 8 heteroatoms. The van der Waals surface area contributed by atoms with Gasteiger partial charge in [-0.25, -0.2) is 0 Å². The Balaban J connectivity index is 2.22. The van der Waals surface area contributed by atoms with Gasteiger partial charge >= 0.3 is 5.97 Å². The number of aliphatic carboxylic acids is 1. The number of unbranched alkanes of at least 4 members (excludes halogenated alkanes) is 2. The summed E-state index contributed by atoms with van der Waals surface area (Å²) in [5, 5.41) is 12.8. The van der Waals surface area contributed by atoms with Crippen molar-refractivity contribution in [2.75, 3.05) is 19.6 Å². The van der Waals surface area contributed by atoms with Gasteiger partial charge in [-0.1, -0.05) is 66.8 Å². The van der Waals surface area contributed by atoms with Gasteiger partial charge in [-0.2, -0.15) is 0 Å². The predicted octanol–water partition coefficient (Wildman–Crippen LogP) is 7.34. The van der Waals surface area contributed by atoms with Gasteiger partial charge in [0.2, 0.25) is 0 Å². The Morgan fingerprint density at radius 2 is 1.83 bits per heavy atom. The number of allylic oxidation sites excluding steroid dienone is 4. The van der Waals surface area contributed by atoms with Crippen molar-refractivity contribution >= 4 is 47.3 Å². The smallest absolute Gasteiger partial charge is 0.303 e. The van der Waals surface area contributed by atoms with Crippen molar-refractivity contribution < 1.29 is 14.7 Å². The Morgan fingerprint density at radius 1 is 1.05 bits per heavy atom. The second-order valence-corrected chi connectivity index (χ2v) is 9.70. The first kappa shape index (κ1) is 33.1. The molecule has 0 heterocycles. The molecular weight excluding hydrogens is 536 g/mol. The maximum Gasteiger partial charge on any atom is 0.303 e. The van der Waals surface area contributed by atoms with Crippen molar-refractivity contribution in [2.24, 2.45) is 9.98 Å². The Bertz CT molecular complexity index is 1270. The number of carboxylic acids is 1. The van der Waals surface area contributed by atoms with Crippen molar-refractivity contribution in [2.45, 2.75) is 38.6 Å². The van der Waals surface area contributed by atoms with Crippen LogP contribution in [-0.2, 0) is 4.79 Å². The first-order chi connectivity index (χ1) is 19.8. The van der Waals surface area contributed by atoms with Crippen LogP contribution in [0.15, 0.2) is 102 Å². The maximum atomic E-state index is 13.6. The van der Waals surface area contributed by atoms with Gasteiger partial charge < -0.3 is 15.3 Å². The van der Waals surface area contributed by atoms with Gasteiger partial charge in [0.15, 0.2) is 0 Å². The van der Waals surface area contributed by atoms with Crippen LogP contribution in [0.4, 0.5) is 11.4 Å². The Hall–Kier alpha value is -4.07. The lowest BCUT2D eigenvalue weighted by Crippen LogP contribution is -2.44. The van der Waals surface area contributed by atoms with Crippen LogP contribution in [-0.4, -0.2) is 60.0 Å². The minimum atomic E-state index is -0.808. The van der Waals surface area contributed by atoms with Gasteiger partial charge in [0.05, 0.1) is 11.4 Å². The average Bonchev–Trinajstić information content (AvgIpc) is 2.96. The molecule has 2 rings (SSSR count). The summed E-state index contributed by atoms with van der Waals surface area (Å²) in [5.74, 6) is -0.938. The zero-order valence-corrected chi connectivity index (χ0v) is 24.3. The molecule has 0 saturated carbocycles. The summed E-state index contributed by atoms with van der Waals surface area (Å²) >= 11 is 5.99. The standard InChI is InChI=1S/C33H39ClN4O3/c1-4-6-7-8-11-20-35-24-26(3)38(22-5-2)33(41)28-16-19-30(37-25-27-14-17-29(34)18-15-27)31(23-28)36-21-12-9-10-13-32(39)40/h4-8,11,14-19,21,23,25-26,35H,1-2,9-10,12-13,20,22,24H2,3H3,(H,39,40)/b7-6-,11-8+,36-21?,37-25?. The van der Waals surface area contributed by atoms with Gasteiger partial charge in [0.1, 0.15) is 0 Å². The van der Waals surface area contributed by atoms with Crippen LogP contribution in [0, 0.1) is 0 Å². The monoisotopic (exact) mass is 574 g/mol. The fourth-order valence-electron chi connectivity index (χ4n) is 3.78. The lowest BCUT2D eigenvalue weighted by Gasteiger charge is -2.28. The molecule has 1 unspecified atom stereocenters. The first-order valence-corrected chi connectivity index (χ1v) is 14.0. The number of carbonyl (C=O) groups excluding carboxylic acids is 1. The molecule has 2 N–H and O–H groups in total. The topological polar surface area (TPSA) is 94.4 Å². The zero-order valence-electron chi connectivity index (χ0n) is 23.6. The molecular formula is C33H39ClN4O3. The van der Waals surface area contributed by atoms with E-state index >= 15 is 0 Å². The molecule has 2 aromatic rings. The lowest BCUT2D eigenvalue weighted by atomic mass is 10.1. The minimum absolute atomic E-state index is 0.0820. The van der Waals surface area contributed by atoms with E-state index in [9.17, 15) is 9.59 Å². The number of amides is 1. The molecule has 0 fully saturated rings. The van der Waals surface area contributed by atoms with Gasteiger partial charge in [0.25, 0.3) is 5.91 Å². The minimum Gasteiger partial charge on any atom is -0.481 e. The second-order valence-electron chi connectivity index (χ2n) is 9.27. The number of hydrogen-bond acceptors (Lipinski definition) is 5. The molecule has 0 bridgehead atoms. The number of rotatable bonds is 18. The molecule has 0 saturated heterocycles. The van der Waals surface area contributed by atoms with Crippen LogP contribution in [0.1, 0.15) is 48.5 Å². The van der Waals surface area contributed by atoms with Gasteiger partial charge in [0, 0.05) is 55.1 Å². The van der Waals surface area contributed by atoms with Gasteiger partial charge in [-0.3, -0.25) is 19.6 Å². The number of carboxylic acid groups (broad SMARTS) is 1. The van der Waals surface area contributed by atoms with E-state index < -0.39 is 5.97 Å². The van der Waals surface area contributed by atoms with Crippen LogP contribution in [0.2, 0.25) is 5.02 Å². The Morgan fingerprint density at radius 3 is 2.54 bits per heavy atom. The molecule has 0 aliphatic carbocycles. The van der Waals surface area contributed by atoms with E-state index in [0.717, 1.165) is 5.56 Å². The molecule has 2 aromatic carbocycles. The molecule has 0 spiro atoms. The predicted molar refractivity (Wildman–Crippen MR) is 171 cm³/mol. The second kappa shape index (κ2) is 19.1. The zero-order chi connectivity index (χ0) is 29.9. The van der Waals surface area contributed by atoms with Crippen molar-refractivity contribution in [3.8, 4) is 0 Å². The van der Waals surface area contributed by atoms with Crippen molar-refractivity contribution in [3.63, 3.8) is 0 Å². The van der Waals surface area contributed by atoms with E-state index in [1.165, 1.54) is 0 Å². The summed E-state index contributed by atoms with van der Waals surface area (Å²) in [6, 6.07) is 12.5. The first-order valence-electron chi connectivity index (χ1n) is 13.6. The molecule has 216 valence electrons. The molecule has 0 aliphatic heterocycles. The number of nitrogens with one attached hydrogen (secondary N) is 1. The molecule has 1 amide bonds. The van der Waals surface area contributed by atoms with Crippen LogP contribution in [0.25, 0.3) is 0 Å². The number of nitrogens with zero attached hydrogens (tertiary/aromatic N) is 3. The van der Waals surface area contributed by atoms with Gasteiger partial charge in [-0.05, 0) is 62.1 Å². The number of halogens is 1. The maximum absolute atomic E-state index is 13.6.